The van der Waals surface area contributed by atoms with E-state index in [1.165, 1.54) is 0 Å². The molecule has 206 valence electrons. The minimum atomic E-state index is -0.885. The highest BCUT2D eigenvalue weighted by atomic mass is 16.5. The number of allylic oxidation sites excluding steroid dienone is 2. The molecule has 3 heterocycles. The Bertz CT molecular complexity index is 1370. The van der Waals surface area contributed by atoms with Crippen LogP contribution in [0.4, 0.5) is 10.6 Å². The van der Waals surface area contributed by atoms with Crippen molar-refractivity contribution in [3.8, 4) is 0 Å². The summed E-state index contributed by atoms with van der Waals surface area (Å²) in [6, 6.07) is 9.65. The van der Waals surface area contributed by atoms with Crippen LogP contribution in [0.1, 0.15) is 51.5 Å². The summed E-state index contributed by atoms with van der Waals surface area (Å²) in [6.45, 7) is 4.54. The molecule has 1 aromatic heterocycles. The van der Waals surface area contributed by atoms with E-state index >= 15 is 0 Å². The Labute approximate surface area is 228 Å². The van der Waals surface area contributed by atoms with E-state index in [-0.39, 0.29) is 12.0 Å². The van der Waals surface area contributed by atoms with Gasteiger partial charge in [-0.1, -0.05) is 43.5 Å². The van der Waals surface area contributed by atoms with Crippen molar-refractivity contribution in [1.29, 1.82) is 0 Å². The Morgan fingerprint density at radius 1 is 1.26 bits per heavy atom. The molecule has 1 saturated carbocycles. The number of aromatic nitrogens is 1. The van der Waals surface area contributed by atoms with Crippen molar-refractivity contribution in [2.45, 2.75) is 70.6 Å². The molecule has 3 aliphatic rings. The number of fused-ring (bicyclic) bond motifs is 2. The Hall–Kier alpha value is -3.56. The molecule has 0 radical (unpaired) electrons. The van der Waals surface area contributed by atoms with E-state index in [2.05, 4.69) is 28.4 Å². The average Bonchev–Trinajstić information content (AvgIpc) is 3.46. The van der Waals surface area contributed by atoms with Gasteiger partial charge in [0, 0.05) is 11.5 Å². The normalized spacial score (nSPS) is 27.6. The monoisotopic (exact) mass is 532 g/mol. The van der Waals surface area contributed by atoms with Gasteiger partial charge in [0.05, 0.1) is 42.2 Å². The average molecular weight is 533 g/mol. The standard InChI is InChI=1S/C30H37N5O4/c1-3-4-5-16-39-29(38)34-26-11-8-20-7-6-19(17-23(20)33-26)12-14-30(2)18-21(27(36)28(30)37)24-9-10-25-22(31)13-15-32-35(24)25/h6-11,13,15,17,21,25,27-28,36-37H,3-5,12,14,16,18H2,1-2H3,(H2-,31,32,33,34,38)/p+1/t21-,25?,27-,28-,30-/m0/s1. The number of hydrogen-bond acceptors (Lipinski definition) is 7. The molecule has 1 aromatic carbocycles. The quantitative estimate of drug-likeness (QED) is 0.286. The summed E-state index contributed by atoms with van der Waals surface area (Å²) in [7, 11) is 0. The van der Waals surface area contributed by atoms with Crippen molar-refractivity contribution in [1.82, 2.24) is 4.98 Å². The van der Waals surface area contributed by atoms with Gasteiger partial charge < -0.3 is 20.7 Å². The molecule has 9 heteroatoms. The van der Waals surface area contributed by atoms with Crippen LogP contribution in [0.15, 0.2) is 59.4 Å². The molecule has 5 atom stereocenters. The molecule has 2 aromatic rings. The van der Waals surface area contributed by atoms with Gasteiger partial charge in [0.1, 0.15) is 5.82 Å². The maximum Gasteiger partial charge on any atom is 0.412 e. The van der Waals surface area contributed by atoms with E-state index in [9.17, 15) is 15.0 Å². The summed E-state index contributed by atoms with van der Waals surface area (Å²) in [5.41, 5.74) is 9.10. The third-order valence-electron chi connectivity index (χ3n) is 8.25. The first-order valence-electron chi connectivity index (χ1n) is 13.8. The van der Waals surface area contributed by atoms with E-state index < -0.39 is 23.7 Å². The Morgan fingerprint density at radius 2 is 2.08 bits per heavy atom. The Kier molecular flexibility index (Phi) is 7.81. The number of pyridine rings is 1. The highest BCUT2D eigenvalue weighted by Gasteiger charge is 2.54. The molecule has 5 rings (SSSR count). The first-order valence-corrected chi connectivity index (χ1v) is 13.8. The van der Waals surface area contributed by atoms with Crippen LogP contribution < -0.4 is 11.1 Å². The summed E-state index contributed by atoms with van der Waals surface area (Å²) in [4.78, 5) is 16.7. The second-order valence-electron chi connectivity index (χ2n) is 11.1. The molecule has 0 spiro atoms. The van der Waals surface area contributed by atoms with Crippen LogP contribution in [-0.2, 0) is 11.2 Å². The SMILES string of the molecule is CCCCCOC(=O)Nc1ccc2ccc(CC[C@@]3(C)C[C@@H](C4=[N+]5N=CC=C(N)C5C=C4)[C@H](O)[C@@H]3O)cc2n1. The number of aliphatic hydroxyl groups excluding tert-OH is 2. The van der Waals surface area contributed by atoms with Gasteiger partial charge in [-0.05, 0) is 72.1 Å². The van der Waals surface area contributed by atoms with E-state index in [1.807, 2.05) is 42.0 Å². The fourth-order valence-electron chi connectivity index (χ4n) is 5.86. The molecular weight excluding hydrogens is 494 g/mol. The number of nitrogens with two attached hydrogens (primary N) is 1. The molecule has 9 nitrogen and oxygen atoms in total. The van der Waals surface area contributed by atoms with Crippen molar-refractivity contribution >= 4 is 34.7 Å². The van der Waals surface area contributed by atoms with Gasteiger partial charge in [0.25, 0.3) is 0 Å². The largest absolute Gasteiger partial charge is 0.449 e. The number of nitrogens with one attached hydrogen (secondary N) is 1. The number of hydrogen-bond donors (Lipinski definition) is 4. The van der Waals surface area contributed by atoms with Gasteiger partial charge >= 0.3 is 6.09 Å². The molecular formula is C30H38N5O4+. The minimum Gasteiger partial charge on any atom is -0.449 e. The number of rotatable bonds is 9. The molecule has 1 amide bonds. The van der Waals surface area contributed by atoms with Crippen molar-refractivity contribution in [2.24, 2.45) is 22.2 Å². The lowest BCUT2D eigenvalue weighted by molar-refractivity contribution is -0.550. The number of nitrogens with zero attached hydrogens (tertiary/aromatic N) is 3. The molecule has 39 heavy (non-hydrogen) atoms. The molecule has 2 aliphatic heterocycles. The topological polar surface area (TPSA) is 133 Å². The summed E-state index contributed by atoms with van der Waals surface area (Å²) < 4.78 is 7.08. The molecule has 0 saturated heterocycles. The van der Waals surface area contributed by atoms with Gasteiger partial charge in [-0.25, -0.2) is 9.78 Å². The highest BCUT2D eigenvalue weighted by molar-refractivity contribution is 5.95. The van der Waals surface area contributed by atoms with Gasteiger partial charge in [-0.2, -0.15) is 0 Å². The number of carbonyl (C=O) groups excluding carboxylic acids is 1. The van der Waals surface area contributed by atoms with Crippen molar-refractivity contribution < 1.29 is 24.4 Å². The summed E-state index contributed by atoms with van der Waals surface area (Å²) in [5, 5.41) is 30.3. The third-order valence-corrected chi connectivity index (χ3v) is 8.25. The van der Waals surface area contributed by atoms with Crippen LogP contribution in [0.5, 0.6) is 0 Å². The van der Waals surface area contributed by atoms with Gasteiger partial charge in [-0.3, -0.25) is 5.32 Å². The van der Waals surface area contributed by atoms with Crippen LogP contribution in [0.2, 0.25) is 0 Å². The Morgan fingerprint density at radius 3 is 2.90 bits per heavy atom. The predicted octanol–water partition coefficient (Wildman–Crippen LogP) is 3.89. The third kappa shape index (κ3) is 5.60. The van der Waals surface area contributed by atoms with E-state index in [1.54, 1.807) is 18.4 Å². The van der Waals surface area contributed by atoms with Crippen LogP contribution in [0, 0.1) is 11.3 Å². The van der Waals surface area contributed by atoms with Crippen LogP contribution in [-0.4, -0.2) is 62.8 Å². The predicted molar refractivity (Wildman–Crippen MR) is 152 cm³/mol. The number of hydrazone groups is 1. The van der Waals surface area contributed by atoms with Crippen molar-refractivity contribution in [2.75, 3.05) is 11.9 Å². The first kappa shape index (κ1) is 27.0. The number of amides is 1. The van der Waals surface area contributed by atoms with Gasteiger partial charge in [-0.15, -0.1) is 0 Å². The van der Waals surface area contributed by atoms with Crippen LogP contribution in [0.25, 0.3) is 10.9 Å². The lowest BCUT2D eigenvalue weighted by Gasteiger charge is -2.28. The lowest BCUT2D eigenvalue weighted by Crippen LogP contribution is -2.37. The summed E-state index contributed by atoms with van der Waals surface area (Å²) in [6.07, 6.45) is 10.2. The van der Waals surface area contributed by atoms with E-state index in [4.69, 9.17) is 10.5 Å². The molecule has 1 unspecified atom stereocenters. The van der Waals surface area contributed by atoms with Crippen molar-refractivity contribution in [3.63, 3.8) is 0 Å². The number of benzene rings is 1. The van der Waals surface area contributed by atoms with E-state index in [0.717, 1.165) is 41.4 Å². The summed E-state index contributed by atoms with van der Waals surface area (Å²) in [5.74, 6) is 0.211. The lowest BCUT2D eigenvalue weighted by atomic mass is 9.79. The molecule has 1 fully saturated rings. The maximum atomic E-state index is 12.1. The smallest absolute Gasteiger partial charge is 0.412 e. The highest BCUT2D eigenvalue weighted by Crippen LogP contribution is 2.46. The zero-order valence-electron chi connectivity index (χ0n) is 22.6. The number of ether oxygens (including phenoxy) is 1. The maximum absolute atomic E-state index is 12.1. The number of aryl methyl sites for hydroxylation is 1. The molecule has 1 aliphatic carbocycles. The fourth-order valence-corrected chi connectivity index (χ4v) is 5.86. The number of anilines is 1. The number of unbranched alkanes of at least 4 members (excludes halogenated alkanes) is 2. The Balaban J connectivity index is 1.25. The number of carbonyl (C=O) groups is 1. The second-order valence-corrected chi connectivity index (χ2v) is 11.1. The zero-order chi connectivity index (χ0) is 27.6. The first-order chi connectivity index (χ1) is 18.8. The zero-order valence-corrected chi connectivity index (χ0v) is 22.6. The number of aliphatic hydroxyl groups is 2. The van der Waals surface area contributed by atoms with Crippen LogP contribution >= 0.6 is 0 Å². The fraction of sp³-hybridized carbons (Fsp3) is 0.467. The molecule has 5 N–H and O–H groups in total. The van der Waals surface area contributed by atoms with Crippen molar-refractivity contribution in [3.05, 3.63) is 59.8 Å². The van der Waals surface area contributed by atoms with E-state index in [0.29, 0.717) is 37.4 Å². The van der Waals surface area contributed by atoms with Crippen LogP contribution in [0.3, 0.4) is 0 Å². The summed E-state index contributed by atoms with van der Waals surface area (Å²) >= 11 is 0. The second kappa shape index (κ2) is 11.3. The minimum absolute atomic E-state index is 0.131. The van der Waals surface area contributed by atoms with Gasteiger partial charge in [0.15, 0.2) is 0 Å². The van der Waals surface area contributed by atoms with Gasteiger partial charge in [0.2, 0.25) is 11.8 Å². The molecule has 0 bridgehead atoms.